The average molecular weight is 246 g/mol. The van der Waals surface area contributed by atoms with Crippen molar-refractivity contribution in [3.8, 4) is 0 Å². The Morgan fingerprint density at radius 2 is 1.94 bits per heavy atom. The molecule has 96 valence electrons. The molecule has 0 saturated heterocycles. The van der Waals surface area contributed by atoms with E-state index in [1.54, 1.807) is 0 Å². The van der Waals surface area contributed by atoms with Crippen molar-refractivity contribution in [2.75, 3.05) is 0 Å². The summed E-state index contributed by atoms with van der Waals surface area (Å²) in [6, 6.07) is 0.311. The van der Waals surface area contributed by atoms with Crippen LogP contribution in [0.5, 0.6) is 0 Å². The standard InChI is InChI=1S/C12H17F3N2/c1-3-11(17-10-6-4-5-7-10)16-8-9(2)12(13,14)15/h3,8,10H,1,4-7H2,2H3,(H,16,17)/b9-8+. The molecule has 1 rings (SSSR count). The molecular weight excluding hydrogens is 229 g/mol. The molecule has 0 aromatic rings. The van der Waals surface area contributed by atoms with E-state index in [9.17, 15) is 13.2 Å². The van der Waals surface area contributed by atoms with Crippen LogP contribution in [-0.4, -0.2) is 18.1 Å². The summed E-state index contributed by atoms with van der Waals surface area (Å²) in [6.45, 7) is 4.54. The summed E-state index contributed by atoms with van der Waals surface area (Å²) in [4.78, 5) is 3.78. The van der Waals surface area contributed by atoms with E-state index in [1.807, 2.05) is 0 Å². The zero-order chi connectivity index (χ0) is 12.9. The van der Waals surface area contributed by atoms with Crippen molar-refractivity contribution in [1.82, 2.24) is 5.32 Å². The highest BCUT2D eigenvalue weighted by molar-refractivity contribution is 5.93. The van der Waals surface area contributed by atoms with Gasteiger partial charge in [0.15, 0.2) is 0 Å². The van der Waals surface area contributed by atoms with Crippen LogP contribution in [0.1, 0.15) is 32.6 Å². The molecule has 0 aromatic carbocycles. The Morgan fingerprint density at radius 1 is 1.35 bits per heavy atom. The fourth-order valence-electron chi connectivity index (χ4n) is 1.67. The number of nitrogens with one attached hydrogen (secondary N) is 1. The molecule has 0 bridgehead atoms. The molecule has 17 heavy (non-hydrogen) atoms. The fraction of sp³-hybridized carbons (Fsp3) is 0.583. The van der Waals surface area contributed by atoms with Crippen molar-refractivity contribution in [1.29, 1.82) is 0 Å². The first-order valence-electron chi connectivity index (χ1n) is 5.64. The molecule has 0 radical (unpaired) electrons. The number of allylic oxidation sites excluding steroid dienone is 1. The minimum atomic E-state index is -4.32. The molecule has 1 fully saturated rings. The SMILES string of the molecule is C=C/C(=N\C=C(/C)C(F)(F)F)NC1CCCC1. The Morgan fingerprint density at radius 3 is 2.41 bits per heavy atom. The number of halogens is 3. The maximum absolute atomic E-state index is 12.2. The third-order valence-electron chi connectivity index (χ3n) is 2.74. The molecule has 0 aromatic heterocycles. The predicted octanol–water partition coefficient (Wildman–Crippen LogP) is 3.57. The van der Waals surface area contributed by atoms with Crippen LogP contribution in [0.4, 0.5) is 13.2 Å². The Bertz CT molecular complexity index is 323. The van der Waals surface area contributed by atoms with E-state index in [-0.39, 0.29) is 0 Å². The molecule has 1 aliphatic carbocycles. The number of amidine groups is 1. The highest BCUT2D eigenvalue weighted by atomic mass is 19.4. The van der Waals surface area contributed by atoms with Gasteiger partial charge in [0.2, 0.25) is 0 Å². The summed E-state index contributed by atoms with van der Waals surface area (Å²) in [5.41, 5.74) is -0.718. The lowest BCUT2D eigenvalue weighted by Gasteiger charge is -2.12. The van der Waals surface area contributed by atoms with Gasteiger partial charge < -0.3 is 5.32 Å². The second-order valence-electron chi connectivity index (χ2n) is 4.15. The van der Waals surface area contributed by atoms with Crippen molar-refractivity contribution in [3.63, 3.8) is 0 Å². The molecule has 0 unspecified atom stereocenters. The summed E-state index contributed by atoms with van der Waals surface area (Å²) in [7, 11) is 0. The minimum absolute atomic E-state index is 0.311. The van der Waals surface area contributed by atoms with Gasteiger partial charge in [-0.15, -0.1) is 0 Å². The van der Waals surface area contributed by atoms with E-state index in [0.29, 0.717) is 11.9 Å². The maximum atomic E-state index is 12.2. The smallest absolute Gasteiger partial charge is 0.367 e. The van der Waals surface area contributed by atoms with Gasteiger partial charge in [0.05, 0.1) is 0 Å². The fourth-order valence-corrected chi connectivity index (χ4v) is 1.67. The third kappa shape index (κ3) is 4.63. The first-order valence-corrected chi connectivity index (χ1v) is 5.64. The minimum Gasteiger partial charge on any atom is -0.367 e. The van der Waals surface area contributed by atoms with Crippen LogP contribution in [0, 0.1) is 0 Å². The van der Waals surface area contributed by atoms with E-state index in [1.165, 1.54) is 6.08 Å². The van der Waals surface area contributed by atoms with E-state index >= 15 is 0 Å². The lowest BCUT2D eigenvalue weighted by molar-refractivity contribution is -0.0914. The van der Waals surface area contributed by atoms with Gasteiger partial charge in [-0.3, -0.25) is 0 Å². The van der Waals surface area contributed by atoms with Gasteiger partial charge in [-0.2, -0.15) is 13.2 Å². The van der Waals surface area contributed by atoms with Crippen molar-refractivity contribution >= 4 is 5.84 Å². The Hall–Kier alpha value is -1.26. The quantitative estimate of drug-likeness (QED) is 0.597. The monoisotopic (exact) mass is 246 g/mol. The first kappa shape index (κ1) is 13.8. The topological polar surface area (TPSA) is 24.4 Å². The summed E-state index contributed by atoms with van der Waals surface area (Å²) in [5, 5.41) is 3.09. The van der Waals surface area contributed by atoms with Crippen LogP contribution in [0.3, 0.4) is 0 Å². The molecule has 0 amide bonds. The number of nitrogens with zero attached hydrogens (tertiary/aromatic N) is 1. The van der Waals surface area contributed by atoms with Crippen molar-refractivity contribution in [3.05, 3.63) is 24.4 Å². The summed E-state index contributed by atoms with van der Waals surface area (Å²) < 4.78 is 36.7. The van der Waals surface area contributed by atoms with Crippen LogP contribution in [0.25, 0.3) is 0 Å². The highest BCUT2D eigenvalue weighted by Crippen LogP contribution is 2.24. The van der Waals surface area contributed by atoms with E-state index in [4.69, 9.17) is 0 Å². The van der Waals surface area contributed by atoms with Crippen LogP contribution >= 0.6 is 0 Å². The number of rotatable bonds is 3. The Labute approximate surface area is 99.3 Å². The summed E-state index contributed by atoms with van der Waals surface area (Å²) in [6.07, 6.45) is 2.34. The van der Waals surface area contributed by atoms with Gasteiger partial charge in [-0.1, -0.05) is 19.4 Å². The van der Waals surface area contributed by atoms with E-state index < -0.39 is 11.7 Å². The molecule has 0 heterocycles. The van der Waals surface area contributed by atoms with Crippen molar-refractivity contribution in [2.24, 2.45) is 4.99 Å². The lowest BCUT2D eigenvalue weighted by Crippen LogP contribution is -2.31. The molecular formula is C12H17F3N2. The molecule has 1 aliphatic rings. The highest BCUT2D eigenvalue weighted by Gasteiger charge is 2.29. The molecule has 2 nitrogen and oxygen atoms in total. The van der Waals surface area contributed by atoms with Crippen molar-refractivity contribution in [2.45, 2.75) is 44.8 Å². The number of hydrogen-bond acceptors (Lipinski definition) is 1. The lowest BCUT2D eigenvalue weighted by atomic mass is 10.2. The van der Waals surface area contributed by atoms with Crippen LogP contribution in [0.2, 0.25) is 0 Å². The Kier molecular flexibility index (Phi) is 4.78. The normalized spacial score (nSPS) is 19.5. The van der Waals surface area contributed by atoms with Crippen molar-refractivity contribution < 1.29 is 13.2 Å². The predicted molar refractivity (Wildman–Crippen MR) is 62.8 cm³/mol. The zero-order valence-electron chi connectivity index (χ0n) is 9.85. The summed E-state index contributed by atoms with van der Waals surface area (Å²) >= 11 is 0. The molecule has 0 atom stereocenters. The van der Waals surface area contributed by atoms with Crippen LogP contribution in [0.15, 0.2) is 29.4 Å². The van der Waals surface area contributed by atoms with Gasteiger partial charge in [0.25, 0.3) is 0 Å². The molecule has 5 heteroatoms. The van der Waals surface area contributed by atoms with E-state index in [2.05, 4.69) is 16.9 Å². The van der Waals surface area contributed by atoms with Crippen LogP contribution in [-0.2, 0) is 0 Å². The second-order valence-corrected chi connectivity index (χ2v) is 4.15. The number of alkyl halides is 3. The average Bonchev–Trinajstić information content (AvgIpc) is 2.74. The zero-order valence-corrected chi connectivity index (χ0v) is 9.85. The van der Waals surface area contributed by atoms with Gasteiger partial charge in [0, 0.05) is 17.8 Å². The number of aliphatic imine (C=N–C) groups is 1. The summed E-state index contributed by atoms with van der Waals surface area (Å²) in [5.74, 6) is 0.403. The molecule has 0 spiro atoms. The maximum Gasteiger partial charge on any atom is 0.413 e. The second kappa shape index (κ2) is 5.89. The van der Waals surface area contributed by atoms with Gasteiger partial charge in [0.1, 0.15) is 5.84 Å². The third-order valence-corrected chi connectivity index (χ3v) is 2.74. The Balaban J connectivity index is 2.63. The first-order chi connectivity index (χ1) is 7.93. The molecule has 1 N–H and O–H groups in total. The van der Waals surface area contributed by atoms with E-state index in [0.717, 1.165) is 38.8 Å². The van der Waals surface area contributed by atoms with Gasteiger partial charge in [-0.05, 0) is 25.8 Å². The largest absolute Gasteiger partial charge is 0.413 e. The van der Waals surface area contributed by atoms with Gasteiger partial charge in [-0.25, -0.2) is 4.99 Å². The molecule has 1 saturated carbocycles. The number of hydrogen-bond donors (Lipinski definition) is 1. The van der Waals surface area contributed by atoms with Gasteiger partial charge >= 0.3 is 6.18 Å². The van der Waals surface area contributed by atoms with Crippen LogP contribution < -0.4 is 5.32 Å². The molecule has 0 aliphatic heterocycles.